The lowest BCUT2D eigenvalue weighted by atomic mass is 10.1. The third kappa shape index (κ3) is 5.24. The molecule has 0 aromatic heterocycles. The average Bonchev–Trinajstić information content (AvgIpc) is 2.60. The highest BCUT2D eigenvalue weighted by atomic mass is 19.1. The summed E-state index contributed by atoms with van der Waals surface area (Å²) < 4.78 is 18.1. The van der Waals surface area contributed by atoms with Crippen LogP contribution in [-0.2, 0) is 16.1 Å². The van der Waals surface area contributed by atoms with Crippen molar-refractivity contribution in [2.45, 2.75) is 26.5 Å². The zero-order valence-electron chi connectivity index (χ0n) is 13.9. The van der Waals surface area contributed by atoms with Crippen molar-refractivity contribution >= 4 is 17.7 Å². The minimum absolute atomic E-state index is 0.142. The van der Waals surface area contributed by atoms with Crippen molar-refractivity contribution in [3.8, 4) is 0 Å². The number of Topliss-reactive ketones (excluding diaryl/α,β-unsaturated/α-hetero) is 1. The summed E-state index contributed by atoms with van der Waals surface area (Å²) in [4.78, 5) is 35.2. The van der Waals surface area contributed by atoms with Gasteiger partial charge >= 0.3 is 5.97 Å². The van der Waals surface area contributed by atoms with E-state index < -0.39 is 23.7 Å². The highest BCUT2D eigenvalue weighted by Crippen LogP contribution is 2.11. The van der Waals surface area contributed by atoms with Crippen molar-refractivity contribution in [1.82, 2.24) is 5.32 Å². The second kappa shape index (κ2) is 8.19. The van der Waals surface area contributed by atoms with Crippen LogP contribution in [0, 0.1) is 5.82 Å². The van der Waals surface area contributed by atoms with Crippen molar-refractivity contribution in [1.29, 1.82) is 0 Å². The smallest absolute Gasteiger partial charge is 0.338 e. The van der Waals surface area contributed by atoms with Gasteiger partial charge in [-0.05, 0) is 48.9 Å². The average molecular weight is 343 g/mol. The van der Waals surface area contributed by atoms with Gasteiger partial charge in [0, 0.05) is 19.0 Å². The molecule has 2 rings (SSSR count). The minimum Gasteiger partial charge on any atom is -0.451 e. The molecule has 0 radical (unpaired) electrons. The quantitative estimate of drug-likeness (QED) is 0.647. The van der Waals surface area contributed by atoms with Crippen LogP contribution in [0.25, 0.3) is 0 Å². The fourth-order valence-electron chi connectivity index (χ4n) is 2.12. The van der Waals surface area contributed by atoms with Gasteiger partial charge in [0.05, 0.1) is 5.56 Å². The van der Waals surface area contributed by atoms with Crippen molar-refractivity contribution in [2.24, 2.45) is 0 Å². The summed E-state index contributed by atoms with van der Waals surface area (Å²) in [7, 11) is 0. The van der Waals surface area contributed by atoms with E-state index in [0.29, 0.717) is 12.1 Å². The maximum Gasteiger partial charge on any atom is 0.338 e. The number of nitrogens with one attached hydrogen (secondary N) is 1. The molecule has 0 heterocycles. The van der Waals surface area contributed by atoms with E-state index in [1.807, 2.05) is 0 Å². The van der Waals surface area contributed by atoms with E-state index in [-0.39, 0.29) is 11.5 Å². The largest absolute Gasteiger partial charge is 0.451 e. The van der Waals surface area contributed by atoms with E-state index in [2.05, 4.69) is 5.32 Å². The lowest BCUT2D eigenvalue weighted by Gasteiger charge is -2.12. The predicted octanol–water partition coefficient (Wildman–Crippen LogP) is 2.89. The number of hydrogen-bond donors (Lipinski definition) is 1. The molecule has 1 amide bonds. The van der Waals surface area contributed by atoms with Gasteiger partial charge in [0.2, 0.25) is 11.7 Å². The third-order valence-corrected chi connectivity index (χ3v) is 3.51. The van der Waals surface area contributed by atoms with Crippen LogP contribution in [0.1, 0.15) is 40.1 Å². The summed E-state index contributed by atoms with van der Waals surface area (Å²) in [5.41, 5.74) is 1.40. The van der Waals surface area contributed by atoms with E-state index in [9.17, 15) is 18.8 Å². The first-order valence-corrected chi connectivity index (χ1v) is 7.71. The number of esters is 1. The first-order valence-electron chi connectivity index (χ1n) is 7.71. The van der Waals surface area contributed by atoms with Crippen molar-refractivity contribution in [3.05, 3.63) is 71.0 Å². The van der Waals surface area contributed by atoms with Crippen LogP contribution in [0.3, 0.4) is 0 Å². The van der Waals surface area contributed by atoms with E-state index in [0.717, 1.165) is 5.56 Å². The van der Waals surface area contributed by atoms with Gasteiger partial charge in [-0.25, -0.2) is 9.18 Å². The van der Waals surface area contributed by atoms with Crippen LogP contribution in [0.5, 0.6) is 0 Å². The number of rotatable bonds is 6. The summed E-state index contributed by atoms with van der Waals surface area (Å²) in [5.74, 6) is -1.62. The van der Waals surface area contributed by atoms with Crippen LogP contribution in [0.15, 0.2) is 48.5 Å². The minimum atomic E-state index is -0.989. The monoisotopic (exact) mass is 343 g/mol. The van der Waals surface area contributed by atoms with Gasteiger partial charge in [-0.2, -0.15) is 0 Å². The molecule has 0 spiro atoms. The van der Waals surface area contributed by atoms with Gasteiger partial charge in [-0.1, -0.05) is 12.1 Å². The predicted molar refractivity (Wildman–Crippen MR) is 89.6 cm³/mol. The molecule has 0 bridgehead atoms. The number of hydrogen-bond acceptors (Lipinski definition) is 4. The number of carbonyl (C=O) groups is 3. The van der Waals surface area contributed by atoms with E-state index in [1.54, 1.807) is 24.3 Å². The molecule has 2 aromatic carbocycles. The number of halogens is 1. The van der Waals surface area contributed by atoms with Crippen molar-refractivity contribution < 1.29 is 23.5 Å². The summed E-state index contributed by atoms with van der Waals surface area (Å²) in [5, 5.41) is 2.65. The second-order valence-electron chi connectivity index (χ2n) is 5.53. The van der Waals surface area contributed by atoms with Crippen LogP contribution in [0.4, 0.5) is 4.39 Å². The van der Waals surface area contributed by atoms with Crippen LogP contribution in [0.2, 0.25) is 0 Å². The Morgan fingerprint density at radius 2 is 1.56 bits per heavy atom. The highest BCUT2D eigenvalue weighted by Gasteiger charge is 2.20. The Morgan fingerprint density at radius 1 is 1.00 bits per heavy atom. The van der Waals surface area contributed by atoms with Crippen LogP contribution >= 0.6 is 0 Å². The summed E-state index contributed by atoms with van der Waals surface area (Å²) in [6.07, 6.45) is -0.989. The molecule has 0 aliphatic carbocycles. The van der Waals surface area contributed by atoms with Gasteiger partial charge in [0.25, 0.3) is 0 Å². The molecule has 1 atom stereocenters. The van der Waals surface area contributed by atoms with Crippen LogP contribution < -0.4 is 5.32 Å². The molecular weight excluding hydrogens is 325 g/mol. The molecule has 1 N–H and O–H groups in total. The summed E-state index contributed by atoms with van der Waals surface area (Å²) in [6.45, 7) is 3.25. The Kier molecular flexibility index (Phi) is 6.00. The first-order chi connectivity index (χ1) is 11.9. The molecule has 0 fully saturated rings. The molecule has 0 saturated heterocycles. The molecule has 0 aliphatic heterocycles. The third-order valence-electron chi connectivity index (χ3n) is 3.51. The molecule has 0 aliphatic rings. The Balaban J connectivity index is 1.97. The summed E-state index contributed by atoms with van der Waals surface area (Å²) >= 11 is 0. The summed E-state index contributed by atoms with van der Waals surface area (Å²) in [6, 6.07) is 11.6. The van der Waals surface area contributed by atoms with E-state index >= 15 is 0 Å². The van der Waals surface area contributed by atoms with Crippen LogP contribution in [-0.4, -0.2) is 23.8 Å². The number of benzene rings is 2. The molecule has 130 valence electrons. The number of ether oxygens (including phenoxy) is 1. The van der Waals surface area contributed by atoms with Gasteiger partial charge in [0.15, 0.2) is 6.10 Å². The Morgan fingerprint density at radius 3 is 2.12 bits per heavy atom. The lowest BCUT2D eigenvalue weighted by molar-refractivity contribution is -0.119. The Labute approximate surface area is 144 Å². The van der Waals surface area contributed by atoms with Crippen molar-refractivity contribution in [2.75, 3.05) is 0 Å². The standard InChI is InChI=1S/C19H18FNO4/c1-12(18(23)15-7-9-17(20)10-8-15)25-19(24)16-5-3-14(4-6-16)11-21-13(2)22/h3-10,12H,11H2,1-2H3,(H,21,22). The SMILES string of the molecule is CC(=O)NCc1ccc(C(=O)OC(C)C(=O)c2ccc(F)cc2)cc1. The molecule has 5 nitrogen and oxygen atoms in total. The highest BCUT2D eigenvalue weighted by molar-refractivity contribution is 6.01. The maximum atomic E-state index is 12.9. The molecule has 0 saturated carbocycles. The molecule has 1 unspecified atom stereocenters. The fraction of sp³-hybridized carbons (Fsp3) is 0.211. The van der Waals surface area contributed by atoms with Gasteiger partial charge < -0.3 is 10.1 Å². The normalized spacial score (nSPS) is 11.5. The van der Waals surface area contributed by atoms with Gasteiger partial charge in [0.1, 0.15) is 5.82 Å². The van der Waals surface area contributed by atoms with E-state index in [4.69, 9.17) is 4.74 Å². The van der Waals surface area contributed by atoms with Crippen molar-refractivity contribution in [3.63, 3.8) is 0 Å². The zero-order valence-corrected chi connectivity index (χ0v) is 13.9. The molecule has 25 heavy (non-hydrogen) atoms. The first kappa shape index (κ1) is 18.3. The Bertz CT molecular complexity index is 769. The molecule has 6 heteroatoms. The fourth-order valence-corrected chi connectivity index (χ4v) is 2.12. The number of amides is 1. The van der Waals surface area contributed by atoms with E-state index in [1.165, 1.54) is 38.1 Å². The lowest BCUT2D eigenvalue weighted by Crippen LogP contribution is -2.24. The topological polar surface area (TPSA) is 72.5 Å². The maximum absolute atomic E-state index is 12.9. The zero-order chi connectivity index (χ0) is 18.4. The number of ketones is 1. The Hall–Kier alpha value is -3.02. The molecular formula is C19H18FNO4. The van der Waals surface area contributed by atoms with Gasteiger partial charge in [-0.15, -0.1) is 0 Å². The van der Waals surface area contributed by atoms with Gasteiger partial charge in [-0.3, -0.25) is 9.59 Å². The molecule has 2 aromatic rings. The number of carbonyl (C=O) groups excluding carboxylic acids is 3. The second-order valence-corrected chi connectivity index (χ2v) is 5.53.